The van der Waals surface area contributed by atoms with E-state index in [0.29, 0.717) is 5.75 Å². The summed E-state index contributed by atoms with van der Waals surface area (Å²) in [6.07, 6.45) is -0.445. The van der Waals surface area contributed by atoms with Crippen molar-refractivity contribution in [3.8, 4) is 5.75 Å². The Bertz CT molecular complexity index is 288. The first-order valence-corrected chi connectivity index (χ1v) is 4.46. The van der Waals surface area contributed by atoms with E-state index in [4.69, 9.17) is 4.74 Å². The monoisotopic (exact) mass is 277 g/mol. The SMILES string of the molecule is CNC(=O)Oc1ccccc1I. The third-order valence-electron chi connectivity index (χ3n) is 1.24. The molecular weight excluding hydrogens is 269 g/mol. The molecule has 0 aliphatic carbocycles. The lowest BCUT2D eigenvalue weighted by Gasteiger charge is -2.03. The topological polar surface area (TPSA) is 38.3 Å². The van der Waals surface area contributed by atoms with Gasteiger partial charge in [0.2, 0.25) is 0 Å². The Morgan fingerprint density at radius 3 is 2.75 bits per heavy atom. The smallest absolute Gasteiger partial charge is 0.409 e. The fourth-order valence-corrected chi connectivity index (χ4v) is 1.18. The minimum Gasteiger partial charge on any atom is -0.409 e. The normalized spacial score (nSPS) is 9.17. The number of para-hydroxylation sites is 1. The second-order valence-corrected chi connectivity index (χ2v) is 3.23. The lowest BCUT2D eigenvalue weighted by Crippen LogP contribution is -2.22. The van der Waals surface area contributed by atoms with Crippen molar-refractivity contribution < 1.29 is 9.53 Å². The average Bonchev–Trinajstić information content (AvgIpc) is 2.09. The number of carbonyl (C=O) groups excluding carboxylic acids is 1. The molecule has 0 fully saturated rings. The molecule has 0 saturated carbocycles. The standard InChI is InChI=1S/C8H8INO2/c1-10-8(11)12-7-5-3-2-4-6(7)9/h2-5H,1H3,(H,10,11). The highest BCUT2D eigenvalue weighted by Gasteiger charge is 2.03. The first-order chi connectivity index (χ1) is 5.74. The summed E-state index contributed by atoms with van der Waals surface area (Å²) in [5, 5.41) is 2.38. The maximum atomic E-state index is 10.8. The Kier molecular flexibility index (Phi) is 3.33. The molecule has 0 bridgehead atoms. The van der Waals surface area contributed by atoms with Gasteiger partial charge in [-0.2, -0.15) is 0 Å². The zero-order chi connectivity index (χ0) is 8.97. The molecule has 0 atom stereocenters. The minimum atomic E-state index is -0.445. The van der Waals surface area contributed by atoms with Gasteiger partial charge >= 0.3 is 6.09 Å². The molecule has 64 valence electrons. The van der Waals surface area contributed by atoms with E-state index in [0.717, 1.165) is 3.57 Å². The van der Waals surface area contributed by atoms with Crippen molar-refractivity contribution in [2.75, 3.05) is 7.05 Å². The number of rotatable bonds is 1. The summed E-state index contributed by atoms with van der Waals surface area (Å²) in [6.45, 7) is 0. The van der Waals surface area contributed by atoms with Crippen molar-refractivity contribution >= 4 is 28.7 Å². The zero-order valence-electron chi connectivity index (χ0n) is 6.50. The molecule has 0 radical (unpaired) electrons. The Morgan fingerprint density at radius 1 is 1.50 bits per heavy atom. The quantitative estimate of drug-likeness (QED) is 0.797. The number of hydrogen-bond acceptors (Lipinski definition) is 2. The fourth-order valence-electron chi connectivity index (χ4n) is 0.678. The van der Waals surface area contributed by atoms with E-state index in [2.05, 4.69) is 27.9 Å². The predicted molar refractivity (Wildman–Crippen MR) is 54.2 cm³/mol. The van der Waals surface area contributed by atoms with Crippen LogP contribution in [0.1, 0.15) is 0 Å². The van der Waals surface area contributed by atoms with Gasteiger partial charge < -0.3 is 10.1 Å². The van der Waals surface area contributed by atoms with Crippen molar-refractivity contribution in [2.24, 2.45) is 0 Å². The fraction of sp³-hybridized carbons (Fsp3) is 0.125. The molecule has 0 spiro atoms. The first kappa shape index (κ1) is 9.31. The van der Waals surface area contributed by atoms with Gasteiger partial charge in [-0.25, -0.2) is 4.79 Å². The largest absolute Gasteiger partial charge is 0.412 e. The van der Waals surface area contributed by atoms with E-state index in [1.165, 1.54) is 7.05 Å². The predicted octanol–water partition coefficient (Wildman–Crippen LogP) is 2.01. The molecule has 0 aromatic heterocycles. The van der Waals surface area contributed by atoms with Crippen LogP contribution in [0.4, 0.5) is 4.79 Å². The van der Waals surface area contributed by atoms with Crippen molar-refractivity contribution in [3.63, 3.8) is 0 Å². The molecule has 4 heteroatoms. The molecule has 1 aromatic rings. The van der Waals surface area contributed by atoms with Crippen molar-refractivity contribution in [2.45, 2.75) is 0 Å². The molecule has 0 unspecified atom stereocenters. The third kappa shape index (κ3) is 2.37. The maximum absolute atomic E-state index is 10.8. The molecule has 12 heavy (non-hydrogen) atoms. The van der Waals surface area contributed by atoms with Crippen LogP contribution in [0.25, 0.3) is 0 Å². The molecule has 1 aromatic carbocycles. The van der Waals surface area contributed by atoms with Crippen LogP contribution >= 0.6 is 22.6 Å². The molecule has 0 saturated heterocycles. The molecule has 0 heterocycles. The first-order valence-electron chi connectivity index (χ1n) is 3.38. The van der Waals surface area contributed by atoms with Crippen molar-refractivity contribution in [1.82, 2.24) is 5.32 Å². The summed E-state index contributed by atoms with van der Waals surface area (Å²) < 4.78 is 5.85. The van der Waals surface area contributed by atoms with Crippen molar-refractivity contribution in [1.29, 1.82) is 0 Å². The highest BCUT2D eigenvalue weighted by Crippen LogP contribution is 2.19. The van der Waals surface area contributed by atoms with Crippen molar-refractivity contribution in [3.05, 3.63) is 27.8 Å². The number of hydrogen-bond donors (Lipinski definition) is 1. The zero-order valence-corrected chi connectivity index (χ0v) is 8.66. The Hall–Kier alpha value is -0.780. The summed E-state index contributed by atoms with van der Waals surface area (Å²) in [6, 6.07) is 7.33. The van der Waals surface area contributed by atoms with Crippen LogP contribution in [0, 0.1) is 3.57 Å². The summed E-state index contributed by atoms with van der Waals surface area (Å²) in [5.41, 5.74) is 0. The van der Waals surface area contributed by atoms with Crippen LogP contribution in [0.2, 0.25) is 0 Å². The highest BCUT2D eigenvalue weighted by atomic mass is 127. The van der Waals surface area contributed by atoms with Gasteiger partial charge in [-0.05, 0) is 34.7 Å². The average molecular weight is 277 g/mol. The molecule has 1 amide bonds. The molecule has 1 N–H and O–H groups in total. The second kappa shape index (κ2) is 4.30. The van der Waals surface area contributed by atoms with Gasteiger partial charge in [-0.15, -0.1) is 0 Å². The number of halogens is 1. The van der Waals surface area contributed by atoms with Crippen LogP contribution in [-0.2, 0) is 0 Å². The summed E-state index contributed by atoms with van der Waals surface area (Å²) in [7, 11) is 1.53. The van der Waals surface area contributed by atoms with Gasteiger partial charge in [0.25, 0.3) is 0 Å². The number of ether oxygens (including phenoxy) is 1. The molecule has 0 aliphatic rings. The van der Waals surface area contributed by atoms with Gasteiger partial charge in [-0.3, -0.25) is 0 Å². The van der Waals surface area contributed by atoms with Gasteiger partial charge in [0, 0.05) is 7.05 Å². The van der Waals surface area contributed by atoms with E-state index < -0.39 is 6.09 Å². The molecule has 3 nitrogen and oxygen atoms in total. The summed E-state index contributed by atoms with van der Waals surface area (Å²) >= 11 is 2.11. The van der Waals surface area contributed by atoms with E-state index in [9.17, 15) is 4.79 Å². The maximum Gasteiger partial charge on any atom is 0.412 e. The van der Waals surface area contributed by atoms with Crippen LogP contribution in [0.15, 0.2) is 24.3 Å². The third-order valence-corrected chi connectivity index (χ3v) is 2.13. The van der Waals surface area contributed by atoms with Crippen LogP contribution in [0.3, 0.4) is 0 Å². The Labute approximate surface area is 84.2 Å². The van der Waals surface area contributed by atoms with E-state index in [1.807, 2.05) is 18.2 Å². The number of carbonyl (C=O) groups is 1. The van der Waals surface area contributed by atoms with Gasteiger partial charge in [0.15, 0.2) is 0 Å². The number of nitrogens with one attached hydrogen (secondary N) is 1. The van der Waals surface area contributed by atoms with Crippen LogP contribution in [-0.4, -0.2) is 13.1 Å². The lowest BCUT2D eigenvalue weighted by atomic mass is 10.3. The summed E-state index contributed by atoms with van der Waals surface area (Å²) in [4.78, 5) is 10.8. The van der Waals surface area contributed by atoms with E-state index in [-0.39, 0.29) is 0 Å². The summed E-state index contributed by atoms with van der Waals surface area (Å²) in [5.74, 6) is 0.581. The van der Waals surface area contributed by atoms with E-state index >= 15 is 0 Å². The Morgan fingerprint density at radius 2 is 2.17 bits per heavy atom. The molecular formula is C8H8INO2. The highest BCUT2D eigenvalue weighted by molar-refractivity contribution is 14.1. The molecule has 0 aliphatic heterocycles. The van der Waals surface area contributed by atoms with Gasteiger partial charge in [0.05, 0.1) is 3.57 Å². The van der Waals surface area contributed by atoms with Gasteiger partial charge in [0.1, 0.15) is 5.75 Å². The number of amides is 1. The Balaban J connectivity index is 2.75. The lowest BCUT2D eigenvalue weighted by molar-refractivity contribution is 0.202. The van der Waals surface area contributed by atoms with Gasteiger partial charge in [-0.1, -0.05) is 12.1 Å². The van der Waals surface area contributed by atoms with Crippen LogP contribution < -0.4 is 10.1 Å². The second-order valence-electron chi connectivity index (χ2n) is 2.07. The van der Waals surface area contributed by atoms with E-state index in [1.54, 1.807) is 6.07 Å². The number of benzene rings is 1. The van der Waals surface area contributed by atoms with Crippen LogP contribution in [0.5, 0.6) is 5.75 Å². The molecule has 1 rings (SSSR count). The minimum absolute atomic E-state index is 0.445.